The quantitative estimate of drug-likeness (QED) is 0.575. The molecule has 0 aliphatic carbocycles. The Labute approximate surface area is 173 Å². The number of carbonyl (C=O) groups is 1. The maximum atomic E-state index is 13.0. The van der Waals surface area contributed by atoms with Crippen molar-refractivity contribution in [1.29, 1.82) is 0 Å². The third-order valence-electron chi connectivity index (χ3n) is 5.58. The van der Waals surface area contributed by atoms with Gasteiger partial charge in [0.2, 0.25) is 0 Å². The topological polar surface area (TPSA) is 82.3 Å². The van der Waals surface area contributed by atoms with Crippen molar-refractivity contribution in [2.24, 2.45) is 11.7 Å². The summed E-state index contributed by atoms with van der Waals surface area (Å²) in [6, 6.07) is 10.5. The van der Waals surface area contributed by atoms with Crippen molar-refractivity contribution in [1.82, 2.24) is 9.88 Å². The molecule has 1 aliphatic heterocycles. The highest BCUT2D eigenvalue weighted by atomic mass is 35.5. The summed E-state index contributed by atoms with van der Waals surface area (Å²) >= 11 is 12.0. The second-order valence-corrected chi connectivity index (χ2v) is 8.04. The van der Waals surface area contributed by atoms with Gasteiger partial charge in [-0.3, -0.25) is 4.79 Å². The molecule has 0 unspecified atom stereocenters. The molecule has 0 spiro atoms. The number of carbonyl (C=O) groups excluding carboxylic acids is 1. The fraction of sp³-hybridized carbons (Fsp3) is 0.286. The Hall–Kier alpha value is -2.21. The van der Waals surface area contributed by atoms with Gasteiger partial charge in [0.25, 0.3) is 5.91 Å². The van der Waals surface area contributed by atoms with Gasteiger partial charge in [0, 0.05) is 47.9 Å². The molecule has 2 heterocycles. The third kappa shape index (κ3) is 3.46. The van der Waals surface area contributed by atoms with Gasteiger partial charge in [0.05, 0.1) is 15.6 Å². The number of likely N-dealkylation sites (tertiary alicyclic amines) is 1. The molecular formula is C21H21Cl2N3O2. The molecule has 4 rings (SSSR count). The maximum absolute atomic E-state index is 13.0. The largest absolute Gasteiger partial charge is 0.508 e. The summed E-state index contributed by atoms with van der Waals surface area (Å²) in [4.78, 5) is 18.0. The fourth-order valence-electron chi connectivity index (χ4n) is 3.95. The molecule has 1 atom stereocenters. The number of aromatic amines is 1. The smallest absolute Gasteiger partial charge is 0.256 e. The number of nitrogens with zero attached hydrogens (tertiary/aromatic N) is 1. The molecule has 1 fully saturated rings. The van der Waals surface area contributed by atoms with Crippen LogP contribution >= 0.6 is 23.2 Å². The number of aromatic nitrogens is 1. The minimum atomic E-state index is -0.361. The molecule has 1 saturated heterocycles. The van der Waals surface area contributed by atoms with Gasteiger partial charge in [-0.15, -0.1) is 0 Å². The summed E-state index contributed by atoms with van der Waals surface area (Å²) < 4.78 is 0. The number of aromatic hydroxyl groups is 1. The van der Waals surface area contributed by atoms with Crippen molar-refractivity contribution < 1.29 is 9.90 Å². The zero-order valence-electron chi connectivity index (χ0n) is 15.2. The van der Waals surface area contributed by atoms with E-state index in [1.807, 2.05) is 29.2 Å². The number of amides is 1. The standard InChI is InChI=1S/C21H21Cl2N3O2/c22-16-9-14(19(27)10-17(16)23)20(24)12-5-7-26(8-6-12)21(28)15-11-25-18-4-2-1-3-13(15)18/h1-4,9-12,20,25,27H,5-8,24H2/t20-/m1/s1. The van der Waals surface area contributed by atoms with Crippen molar-refractivity contribution in [2.45, 2.75) is 18.9 Å². The first-order valence-corrected chi connectivity index (χ1v) is 10.00. The van der Waals surface area contributed by atoms with Gasteiger partial charge >= 0.3 is 0 Å². The number of para-hydroxylation sites is 1. The highest BCUT2D eigenvalue weighted by molar-refractivity contribution is 6.42. The lowest BCUT2D eigenvalue weighted by Crippen LogP contribution is -2.41. The Morgan fingerprint density at radius 3 is 2.61 bits per heavy atom. The van der Waals surface area contributed by atoms with Crippen LogP contribution < -0.4 is 5.73 Å². The normalized spacial score (nSPS) is 16.5. The van der Waals surface area contributed by atoms with Crippen LogP contribution in [0.2, 0.25) is 10.0 Å². The van der Waals surface area contributed by atoms with E-state index in [2.05, 4.69) is 4.98 Å². The van der Waals surface area contributed by atoms with Crippen molar-refractivity contribution in [2.75, 3.05) is 13.1 Å². The van der Waals surface area contributed by atoms with Crippen molar-refractivity contribution in [3.63, 3.8) is 0 Å². The number of nitrogens with two attached hydrogens (primary N) is 1. The Morgan fingerprint density at radius 2 is 1.86 bits per heavy atom. The second-order valence-electron chi connectivity index (χ2n) is 7.23. The molecule has 1 amide bonds. The monoisotopic (exact) mass is 417 g/mol. The zero-order chi connectivity index (χ0) is 19.8. The molecule has 0 saturated carbocycles. The highest BCUT2D eigenvalue weighted by Gasteiger charge is 2.30. The lowest BCUT2D eigenvalue weighted by atomic mass is 9.85. The second kappa shape index (κ2) is 7.66. The van der Waals surface area contributed by atoms with E-state index in [0.717, 1.165) is 23.7 Å². The van der Waals surface area contributed by atoms with Crippen LogP contribution in [0.15, 0.2) is 42.6 Å². The van der Waals surface area contributed by atoms with E-state index < -0.39 is 0 Å². The van der Waals surface area contributed by atoms with Crippen LogP contribution in [0, 0.1) is 5.92 Å². The van der Waals surface area contributed by atoms with E-state index >= 15 is 0 Å². The fourth-order valence-corrected chi connectivity index (χ4v) is 4.28. The molecule has 146 valence electrons. The van der Waals surface area contributed by atoms with Crippen LogP contribution in [0.4, 0.5) is 0 Å². The van der Waals surface area contributed by atoms with Crippen LogP contribution in [0.1, 0.15) is 34.8 Å². The number of halogens is 2. The van der Waals surface area contributed by atoms with Gasteiger partial charge in [0.15, 0.2) is 0 Å². The predicted octanol–water partition coefficient (Wildman–Crippen LogP) is 4.73. The number of rotatable bonds is 3. The predicted molar refractivity (Wildman–Crippen MR) is 112 cm³/mol. The van der Waals surface area contributed by atoms with Crippen LogP contribution in [-0.4, -0.2) is 34.0 Å². The Kier molecular flexibility index (Phi) is 5.23. The van der Waals surface area contributed by atoms with Gasteiger partial charge in [-0.05, 0) is 30.9 Å². The molecule has 4 N–H and O–H groups in total. The van der Waals surface area contributed by atoms with E-state index in [4.69, 9.17) is 28.9 Å². The minimum absolute atomic E-state index is 0.0295. The lowest BCUT2D eigenvalue weighted by molar-refractivity contribution is 0.0679. The van der Waals surface area contributed by atoms with Gasteiger partial charge < -0.3 is 20.7 Å². The Morgan fingerprint density at radius 1 is 1.18 bits per heavy atom. The van der Waals surface area contributed by atoms with E-state index in [0.29, 0.717) is 34.3 Å². The molecule has 28 heavy (non-hydrogen) atoms. The van der Waals surface area contributed by atoms with Crippen molar-refractivity contribution >= 4 is 40.0 Å². The van der Waals surface area contributed by atoms with Gasteiger partial charge in [0.1, 0.15) is 5.75 Å². The van der Waals surface area contributed by atoms with Crippen LogP contribution in [0.5, 0.6) is 5.75 Å². The molecule has 1 aromatic heterocycles. The van der Waals surface area contributed by atoms with E-state index in [1.165, 1.54) is 6.07 Å². The first-order chi connectivity index (χ1) is 13.5. The molecule has 7 heteroatoms. The average Bonchev–Trinajstić information content (AvgIpc) is 3.14. The SMILES string of the molecule is N[C@@H](c1cc(Cl)c(Cl)cc1O)C1CCN(C(=O)c2c[nH]c3ccccc23)CC1. The van der Waals surface area contributed by atoms with Crippen LogP contribution in [-0.2, 0) is 0 Å². The molecule has 0 bridgehead atoms. The summed E-state index contributed by atoms with van der Waals surface area (Å²) in [7, 11) is 0. The van der Waals surface area contributed by atoms with Crippen LogP contribution in [0.3, 0.4) is 0 Å². The number of phenols is 1. The number of hydrogen-bond donors (Lipinski definition) is 3. The van der Waals surface area contributed by atoms with Crippen LogP contribution in [0.25, 0.3) is 10.9 Å². The molecule has 1 aliphatic rings. The maximum Gasteiger partial charge on any atom is 0.256 e. The first-order valence-electron chi connectivity index (χ1n) is 9.24. The zero-order valence-corrected chi connectivity index (χ0v) is 16.7. The number of piperidine rings is 1. The summed E-state index contributed by atoms with van der Waals surface area (Å²) in [5, 5.41) is 11.8. The van der Waals surface area contributed by atoms with Gasteiger partial charge in [-0.2, -0.15) is 0 Å². The molecule has 3 aromatic rings. The molecular weight excluding hydrogens is 397 g/mol. The average molecular weight is 418 g/mol. The van der Waals surface area contributed by atoms with E-state index in [-0.39, 0.29) is 23.6 Å². The summed E-state index contributed by atoms with van der Waals surface area (Å²) in [6.45, 7) is 1.25. The van der Waals surface area contributed by atoms with Gasteiger partial charge in [-0.1, -0.05) is 41.4 Å². The van der Waals surface area contributed by atoms with E-state index in [9.17, 15) is 9.90 Å². The number of fused-ring (bicyclic) bond motifs is 1. The molecule has 5 nitrogen and oxygen atoms in total. The number of H-pyrrole nitrogens is 1. The molecule has 0 radical (unpaired) electrons. The number of phenolic OH excluding ortho intramolecular Hbond substituents is 1. The molecule has 2 aromatic carbocycles. The summed E-state index contributed by atoms with van der Waals surface area (Å²) in [5.41, 5.74) is 8.65. The first kappa shape index (κ1) is 19.1. The number of benzene rings is 2. The third-order valence-corrected chi connectivity index (χ3v) is 6.31. The Bertz CT molecular complexity index is 1030. The lowest BCUT2D eigenvalue weighted by Gasteiger charge is -2.35. The Balaban J connectivity index is 1.46. The van der Waals surface area contributed by atoms with Crippen molar-refractivity contribution in [3.05, 3.63) is 63.8 Å². The number of hydrogen-bond acceptors (Lipinski definition) is 3. The van der Waals surface area contributed by atoms with Crippen molar-refractivity contribution in [3.8, 4) is 5.75 Å². The minimum Gasteiger partial charge on any atom is -0.508 e. The summed E-state index contributed by atoms with van der Waals surface area (Å²) in [6.07, 6.45) is 3.29. The van der Waals surface area contributed by atoms with Gasteiger partial charge in [-0.25, -0.2) is 0 Å². The van der Waals surface area contributed by atoms with E-state index in [1.54, 1.807) is 12.3 Å². The number of nitrogens with one attached hydrogen (secondary N) is 1. The highest BCUT2D eigenvalue weighted by Crippen LogP contribution is 2.38. The summed E-state index contributed by atoms with van der Waals surface area (Å²) in [5.74, 6) is 0.233.